The fourth-order valence-electron chi connectivity index (χ4n) is 2.35. The summed E-state index contributed by atoms with van der Waals surface area (Å²) >= 11 is 0. The summed E-state index contributed by atoms with van der Waals surface area (Å²) in [7, 11) is 0. The number of benzene rings is 1. The molecule has 0 aromatic heterocycles. The molecule has 1 saturated heterocycles. The molecule has 1 amide bonds. The minimum atomic E-state index is -0.944. The Hall–Kier alpha value is -1.92. The molecule has 2 N–H and O–H groups in total. The van der Waals surface area contributed by atoms with Gasteiger partial charge in [0.05, 0.1) is 18.3 Å². The third-order valence-corrected chi connectivity index (χ3v) is 3.73. The van der Waals surface area contributed by atoms with Gasteiger partial charge in [-0.25, -0.2) is 4.79 Å². The number of hydrogen-bond acceptors (Lipinski definition) is 4. The van der Waals surface area contributed by atoms with Crippen molar-refractivity contribution in [2.24, 2.45) is 0 Å². The Balaban J connectivity index is 1.54. The van der Waals surface area contributed by atoms with Crippen LogP contribution in [0.1, 0.15) is 35.2 Å². The molecule has 0 saturated carbocycles. The predicted octanol–water partition coefficient (Wildman–Crippen LogP) is 1.63. The molecule has 23 heavy (non-hydrogen) atoms. The molecule has 0 bridgehead atoms. The third kappa shape index (κ3) is 6.38. The number of carboxylic acid groups (broad SMARTS) is 1. The smallest absolute Gasteiger partial charge is 0.335 e. The molecule has 0 aliphatic carbocycles. The highest BCUT2D eigenvalue weighted by molar-refractivity contribution is 5.87. The van der Waals surface area contributed by atoms with Crippen LogP contribution in [0.2, 0.25) is 0 Å². The summed E-state index contributed by atoms with van der Waals surface area (Å²) in [5.41, 5.74) is 1.21. The van der Waals surface area contributed by atoms with Crippen molar-refractivity contribution in [3.05, 3.63) is 35.4 Å². The molecular weight excluding hydrogens is 298 g/mol. The van der Waals surface area contributed by atoms with Crippen molar-refractivity contribution in [2.45, 2.75) is 31.8 Å². The Kier molecular flexibility index (Phi) is 7.03. The average Bonchev–Trinajstić information content (AvgIpc) is 3.06. The van der Waals surface area contributed by atoms with Crippen LogP contribution in [0.4, 0.5) is 0 Å². The first-order valence-electron chi connectivity index (χ1n) is 7.93. The monoisotopic (exact) mass is 321 g/mol. The largest absolute Gasteiger partial charge is 0.478 e. The Morgan fingerprint density at radius 2 is 2.09 bits per heavy atom. The molecule has 0 spiro atoms. The van der Waals surface area contributed by atoms with Gasteiger partial charge in [-0.15, -0.1) is 0 Å². The van der Waals surface area contributed by atoms with Crippen LogP contribution < -0.4 is 5.32 Å². The first kappa shape index (κ1) is 17.4. The normalized spacial score (nSPS) is 17.1. The van der Waals surface area contributed by atoms with Gasteiger partial charge in [-0.05, 0) is 37.0 Å². The molecule has 1 aliphatic rings. The minimum absolute atomic E-state index is 0.00323. The van der Waals surface area contributed by atoms with Crippen molar-refractivity contribution in [1.29, 1.82) is 0 Å². The van der Waals surface area contributed by atoms with Gasteiger partial charge in [0.25, 0.3) is 0 Å². The average molecular weight is 321 g/mol. The van der Waals surface area contributed by atoms with Gasteiger partial charge in [-0.1, -0.05) is 12.1 Å². The molecule has 126 valence electrons. The number of rotatable bonds is 9. The number of aromatic carboxylic acids is 1. The fourth-order valence-corrected chi connectivity index (χ4v) is 2.35. The van der Waals surface area contributed by atoms with E-state index in [0.29, 0.717) is 32.6 Å². The van der Waals surface area contributed by atoms with Crippen LogP contribution in [0.5, 0.6) is 0 Å². The molecule has 2 rings (SSSR count). The van der Waals surface area contributed by atoms with Crippen LogP contribution in [0.15, 0.2) is 24.3 Å². The summed E-state index contributed by atoms with van der Waals surface area (Å²) in [5, 5.41) is 11.7. The van der Waals surface area contributed by atoms with Crippen LogP contribution in [0.3, 0.4) is 0 Å². The van der Waals surface area contributed by atoms with Crippen molar-refractivity contribution in [2.75, 3.05) is 26.4 Å². The standard InChI is InChI=1S/C17H23NO5/c19-16(18-9-1-10-23-15-8-11-22-12-15)7-4-13-2-5-14(6-3-13)17(20)21/h2-3,5-6,15H,1,4,7-12H2,(H,18,19)(H,20,21). The van der Waals surface area contributed by atoms with E-state index in [-0.39, 0.29) is 17.6 Å². The molecule has 1 unspecified atom stereocenters. The Labute approximate surface area is 135 Å². The van der Waals surface area contributed by atoms with E-state index < -0.39 is 5.97 Å². The molecule has 0 radical (unpaired) electrons. The van der Waals surface area contributed by atoms with E-state index in [4.69, 9.17) is 14.6 Å². The van der Waals surface area contributed by atoms with Gasteiger partial charge in [0, 0.05) is 26.2 Å². The number of ether oxygens (including phenoxy) is 2. The van der Waals surface area contributed by atoms with Crippen molar-refractivity contribution >= 4 is 11.9 Å². The van der Waals surface area contributed by atoms with E-state index in [0.717, 1.165) is 25.0 Å². The molecule has 6 nitrogen and oxygen atoms in total. The zero-order chi connectivity index (χ0) is 16.5. The number of amides is 1. The predicted molar refractivity (Wildman–Crippen MR) is 84.5 cm³/mol. The molecule has 1 atom stereocenters. The van der Waals surface area contributed by atoms with Gasteiger partial charge in [-0.2, -0.15) is 0 Å². The molecular formula is C17H23NO5. The van der Waals surface area contributed by atoms with Gasteiger partial charge in [-0.3, -0.25) is 4.79 Å². The first-order valence-corrected chi connectivity index (χ1v) is 7.93. The Morgan fingerprint density at radius 3 is 2.74 bits per heavy atom. The lowest BCUT2D eigenvalue weighted by molar-refractivity contribution is -0.121. The lowest BCUT2D eigenvalue weighted by Crippen LogP contribution is -2.26. The van der Waals surface area contributed by atoms with Gasteiger partial charge < -0.3 is 19.9 Å². The topological polar surface area (TPSA) is 84.9 Å². The van der Waals surface area contributed by atoms with Crippen molar-refractivity contribution in [3.8, 4) is 0 Å². The summed E-state index contributed by atoms with van der Waals surface area (Å²) in [4.78, 5) is 22.5. The van der Waals surface area contributed by atoms with E-state index in [9.17, 15) is 9.59 Å². The van der Waals surface area contributed by atoms with Gasteiger partial charge in [0.2, 0.25) is 5.91 Å². The van der Waals surface area contributed by atoms with E-state index in [2.05, 4.69) is 5.32 Å². The first-order chi connectivity index (χ1) is 11.1. The zero-order valence-electron chi connectivity index (χ0n) is 13.1. The number of carbonyl (C=O) groups excluding carboxylic acids is 1. The Bertz CT molecular complexity index is 508. The van der Waals surface area contributed by atoms with Gasteiger partial charge in [0.1, 0.15) is 0 Å². The summed E-state index contributed by atoms with van der Waals surface area (Å²) in [6, 6.07) is 6.60. The van der Waals surface area contributed by atoms with Gasteiger partial charge in [0.15, 0.2) is 0 Å². The Morgan fingerprint density at radius 1 is 1.30 bits per heavy atom. The number of aryl methyl sites for hydroxylation is 1. The molecule has 1 heterocycles. The maximum absolute atomic E-state index is 11.7. The van der Waals surface area contributed by atoms with Crippen LogP contribution in [-0.2, 0) is 20.7 Å². The van der Waals surface area contributed by atoms with Crippen LogP contribution in [0.25, 0.3) is 0 Å². The number of carbonyl (C=O) groups is 2. The summed E-state index contributed by atoms with van der Waals surface area (Å²) in [6.07, 6.45) is 2.94. The van der Waals surface area contributed by atoms with Crippen LogP contribution in [0, 0.1) is 0 Å². The van der Waals surface area contributed by atoms with Gasteiger partial charge >= 0.3 is 5.97 Å². The lowest BCUT2D eigenvalue weighted by atomic mass is 10.1. The van der Waals surface area contributed by atoms with E-state index in [1.807, 2.05) is 0 Å². The summed E-state index contributed by atoms with van der Waals surface area (Å²) in [5.74, 6) is -0.947. The molecule has 1 aromatic rings. The number of hydrogen-bond donors (Lipinski definition) is 2. The van der Waals surface area contributed by atoms with Crippen LogP contribution >= 0.6 is 0 Å². The zero-order valence-corrected chi connectivity index (χ0v) is 13.1. The number of carboxylic acids is 1. The highest BCUT2D eigenvalue weighted by Crippen LogP contribution is 2.08. The molecule has 1 aliphatic heterocycles. The fraction of sp³-hybridized carbons (Fsp3) is 0.529. The van der Waals surface area contributed by atoms with Crippen molar-refractivity contribution < 1.29 is 24.2 Å². The number of nitrogens with one attached hydrogen (secondary N) is 1. The van der Waals surface area contributed by atoms with Crippen molar-refractivity contribution in [3.63, 3.8) is 0 Å². The summed E-state index contributed by atoms with van der Waals surface area (Å²) in [6.45, 7) is 2.68. The second-order valence-corrected chi connectivity index (χ2v) is 5.56. The van der Waals surface area contributed by atoms with E-state index >= 15 is 0 Å². The SMILES string of the molecule is O=C(CCc1ccc(C(=O)O)cc1)NCCCOC1CCOC1. The molecule has 6 heteroatoms. The summed E-state index contributed by atoms with van der Waals surface area (Å²) < 4.78 is 10.8. The highest BCUT2D eigenvalue weighted by Gasteiger charge is 2.15. The minimum Gasteiger partial charge on any atom is -0.478 e. The van der Waals surface area contributed by atoms with E-state index in [1.54, 1.807) is 24.3 Å². The van der Waals surface area contributed by atoms with Crippen molar-refractivity contribution in [1.82, 2.24) is 5.32 Å². The maximum Gasteiger partial charge on any atom is 0.335 e. The quantitative estimate of drug-likeness (QED) is 0.675. The van der Waals surface area contributed by atoms with E-state index in [1.165, 1.54) is 0 Å². The van der Waals surface area contributed by atoms with Crippen LogP contribution in [-0.4, -0.2) is 49.5 Å². The molecule has 1 fully saturated rings. The highest BCUT2D eigenvalue weighted by atomic mass is 16.5. The second kappa shape index (κ2) is 9.27. The maximum atomic E-state index is 11.7. The lowest BCUT2D eigenvalue weighted by Gasteiger charge is -2.10. The third-order valence-electron chi connectivity index (χ3n) is 3.73. The second-order valence-electron chi connectivity index (χ2n) is 5.56. The molecule has 1 aromatic carbocycles.